The van der Waals surface area contributed by atoms with Gasteiger partial charge in [-0.25, -0.2) is 13.1 Å². The van der Waals surface area contributed by atoms with Gasteiger partial charge in [-0.15, -0.1) is 0 Å². The van der Waals surface area contributed by atoms with Crippen molar-refractivity contribution in [2.45, 2.75) is 35.2 Å². The van der Waals surface area contributed by atoms with Gasteiger partial charge in [0.05, 0.1) is 29.0 Å². The van der Waals surface area contributed by atoms with Crippen molar-refractivity contribution in [1.29, 1.82) is 0 Å². The van der Waals surface area contributed by atoms with Gasteiger partial charge in [0.25, 0.3) is 0 Å². The van der Waals surface area contributed by atoms with Crippen LogP contribution in [0.5, 0.6) is 0 Å². The molecule has 1 N–H and O–H groups in total. The second kappa shape index (κ2) is 10.7. The molecule has 0 aliphatic heterocycles. The van der Waals surface area contributed by atoms with E-state index in [9.17, 15) is 8.42 Å². The molecule has 1 unspecified atom stereocenters. The fourth-order valence-electron chi connectivity index (χ4n) is 2.33. The molecule has 0 fully saturated rings. The molecule has 0 aliphatic carbocycles. The van der Waals surface area contributed by atoms with Crippen molar-refractivity contribution in [3.05, 3.63) is 48.5 Å². The van der Waals surface area contributed by atoms with Gasteiger partial charge in [-0.2, -0.15) is 10.2 Å². The molecule has 0 aliphatic rings. The third-order valence-electron chi connectivity index (χ3n) is 4.07. The molecule has 1 atom stereocenters. The normalized spacial score (nSPS) is 13.5. The Kier molecular flexibility index (Phi) is 8.77. The van der Waals surface area contributed by atoms with E-state index in [2.05, 4.69) is 51.4 Å². The van der Waals surface area contributed by atoms with Crippen LogP contribution in [0.4, 0.5) is 17.1 Å². The summed E-state index contributed by atoms with van der Waals surface area (Å²) in [6.45, 7) is 6.72. The van der Waals surface area contributed by atoms with Crippen LogP contribution in [0.25, 0.3) is 0 Å². The van der Waals surface area contributed by atoms with Crippen LogP contribution in [0.15, 0.2) is 63.7 Å². The van der Waals surface area contributed by atoms with Crippen LogP contribution < -0.4 is 9.62 Å². The van der Waals surface area contributed by atoms with E-state index in [0.717, 1.165) is 11.4 Å². The van der Waals surface area contributed by atoms with Crippen molar-refractivity contribution < 1.29 is 13.2 Å². The van der Waals surface area contributed by atoms with Crippen LogP contribution in [-0.2, 0) is 14.8 Å². The molecular formula is C21H29IN4O3S. The van der Waals surface area contributed by atoms with Crippen molar-refractivity contribution in [2.24, 2.45) is 10.2 Å². The number of hydrogen-bond donors (Lipinski definition) is 1. The average molecular weight is 544 g/mol. The van der Waals surface area contributed by atoms with E-state index in [1.165, 1.54) is 12.1 Å². The molecule has 2 rings (SSSR count). The highest BCUT2D eigenvalue weighted by atomic mass is 127. The van der Waals surface area contributed by atoms with Crippen LogP contribution in [0.1, 0.15) is 20.8 Å². The highest BCUT2D eigenvalue weighted by Crippen LogP contribution is 2.22. The molecule has 0 aromatic heterocycles. The fraction of sp³-hybridized carbons (Fsp3) is 0.429. The average Bonchev–Trinajstić information content (AvgIpc) is 2.69. The summed E-state index contributed by atoms with van der Waals surface area (Å²) in [5.41, 5.74) is 2.38. The first-order valence-corrected chi connectivity index (χ1v) is 12.1. The number of ether oxygens (including phenoxy) is 1. The monoisotopic (exact) mass is 544 g/mol. The van der Waals surface area contributed by atoms with Crippen molar-refractivity contribution >= 4 is 49.7 Å². The lowest BCUT2D eigenvalue weighted by atomic mass is 10.2. The summed E-state index contributed by atoms with van der Waals surface area (Å²) in [5.74, 6) is 0. The zero-order valence-corrected chi connectivity index (χ0v) is 20.9. The van der Waals surface area contributed by atoms with Crippen LogP contribution in [-0.4, -0.2) is 45.2 Å². The van der Waals surface area contributed by atoms with E-state index >= 15 is 0 Å². The van der Waals surface area contributed by atoms with Gasteiger partial charge >= 0.3 is 0 Å². The van der Waals surface area contributed by atoms with E-state index in [0.29, 0.717) is 12.3 Å². The molecule has 9 heteroatoms. The Hall–Kier alpha value is -1.56. The predicted molar refractivity (Wildman–Crippen MR) is 130 cm³/mol. The van der Waals surface area contributed by atoms with Gasteiger partial charge in [-0.3, -0.25) is 0 Å². The molecule has 0 spiro atoms. The summed E-state index contributed by atoms with van der Waals surface area (Å²) in [5, 5.41) is 8.36. The summed E-state index contributed by atoms with van der Waals surface area (Å²) >= 11 is 2.30. The van der Waals surface area contributed by atoms with Crippen molar-refractivity contribution in [3.63, 3.8) is 0 Å². The Balaban J connectivity index is 1.95. The first-order valence-electron chi connectivity index (χ1n) is 9.56. The number of rotatable bonds is 10. The second-order valence-corrected chi connectivity index (χ2v) is 12.5. The largest absolute Gasteiger partial charge is 0.378 e. The zero-order valence-electron chi connectivity index (χ0n) is 18.0. The van der Waals surface area contributed by atoms with Crippen molar-refractivity contribution in [2.75, 3.05) is 32.1 Å². The Bertz CT molecular complexity index is 938. The van der Waals surface area contributed by atoms with Gasteiger partial charge in [0.15, 0.2) is 0 Å². The number of nitrogens with one attached hydrogen (secondary N) is 1. The summed E-state index contributed by atoms with van der Waals surface area (Å²) in [6, 6.07) is 14.0. The lowest BCUT2D eigenvalue weighted by molar-refractivity contribution is 0.0613. The van der Waals surface area contributed by atoms with E-state index in [4.69, 9.17) is 4.74 Å². The fourth-order valence-corrected chi connectivity index (χ4v) is 3.63. The first-order chi connectivity index (χ1) is 14.0. The molecule has 0 saturated heterocycles. The highest BCUT2D eigenvalue weighted by molar-refractivity contribution is 14.1. The first kappa shape index (κ1) is 24.7. The van der Waals surface area contributed by atoms with E-state index in [1.807, 2.05) is 50.2 Å². The maximum absolute atomic E-state index is 12.5. The van der Waals surface area contributed by atoms with E-state index in [-0.39, 0.29) is 21.0 Å². The molecular weight excluding hydrogens is 515 g/mol. The molecule has 0 amide bonds. The zero-order chi connectivity index (χ0) is 22.4. The van der Waals surface area contributed by atoms with Gasteiger partial charge in [-0.1, -0.05) is 22.6 Å². The minimum atomic E-state index is -3.61. The Labute approximate surface area is 193 Å². The van der Waals surface area contributed by atoms with E-state index in [1.54, 1.807) is 12.1 Å². The van der Waals surface area contributed by atoms with Gasteiger partial charge in [-0.05, 0) is 69.3 Å². The number of halogens is 1. The molecule has 0 heterocycles. The van der Waals surface area contributed by atoms with Gasteiger partial charge < -0.3 is 9.64 Å². The predicted octanol–water partition coefficient (Wildman–Crippen LogP) is 5.07. The van der Waals surface area contributed by atoms with E-state index < -0.39 is 10.0 Å². The summed E-state index contributed by atoms with van der Waals surface area (Å²) in [4.78, 5) is 2.18. The maximum Gasteiger partial charge on any atom is 0.240 e. The molecule has 7 nitrogen and oxygen atoms in total. The van der Waals surface area contributed by atoms with Crippen molar-refractivity contribution in [3.8, 4) is 0 Å². The third-order valence-corrected chi connectivity index (χ3v) is 5.82. The Morgan fingerprint density at radius 2 is 1.53 bits per heavy atom. The standard InChI is InChI=1S/C21H29IN4O3S/c1-16(29-15-21(2,3)22)14-23-30(27,28)20-12-8-18(9-13-20)25-24-17-6-10-19(11-7-17)26(4)5/h6-13,16,23H,14-15H2,1-5H3/b25-24+. The summed E-state index contributed by atoms with van der Waals surface area (Å²) in [7, 11) is 0.330. The number of alkyl halides is 1. The highest BCUT2D eigenvalue weighted by Gasteiger charge is 2.18. The molecule has 30 heavy (non-hydrogen) atoms. The Morgan fingerprint density at radius 1 is 1.03 bits per heavy atom. The molecule has 2 aromatic carbocycles. The molecule has 2 aromatic rings. The number of azo groups is 1. The van der Waals surface area contributed by atoms with Gasteiger partial charge in [0.1, 0.15) is 0 Å². The molecule has 0 radical (unpaired) electrons. The lowest BCUT2D eigenvalue weighted by Gasteiger charge is -2.20. The summed E-state index contributed by atoms with van der Waals surface area (Å²) < 4.78 is 33.3. The number of hydrogen-bond acceptors (Lipinski definition) is 6. The number of anilines is 1. The minimum absolute atomic E-state index is 0.00364. The number of sulfonamides is 1. The smallest absolute Gasteiger partial charge is 0.240 e. The second-order valence-electron chi connectivity index (χ2n) is 7.80. The minimum Gasteiger partial charge on any atom is -0.378 e. The van der Waals surface area contributed by atoms with Gasteiger partial charge in [0, 0.05) is 29.7 Å². The molecule has 0 bridgehead atoms. The van der Waals surface area contributed by atoms with Gasteiger partial charge in [0.2, 0.25) is 10.0 Å². The quantitative estimate of drug-likeness (QED) is 0.257. The molecule has 0 saturated carbocycles. The van der Waals surface area contributed by atoms with Crippen LogP contribution in [0.2, 0.25) is 0 Å². The topological polar surface area (TPSA) is 83.4 Å². The summed E-state index contributed by atoms with van der Waals surface area (Å²) in [6.07, 6.45) is -0.222. The lowest BCUT2D eigenvalue weighted by Crippen LogP contribution is -2.34. The third kappa shape index (κ3) is 8.29. The number of benzene rings is 2. The van der Waals surface area contributed by atoms with Crippen LogP contribution in [0.3, 0.4) is 0 Å². The van der Waals surface area contributed by atoms with Crippen LogP contribution in [0, 0.1) is 0 Å². The number of nitrogens with zero attached hydrogens (tertiary/aromatic N) is 3. The van der Waals surface area contributed by atoms with Crippen molar-refractivity contribution in [1.82, 2.24) is 4.72 Å². The Morgan fingerprint density at radius 3 is 2.00 bits per heavy atom. The van der Waals surface area contributed by atoms with Crippen LogP contribution >= 0.6 is 22.6 Å². The maximum atomic E-state index is 12.5. The molecule has 164 valence electrons. The SMILES string of the molecule is CC(CNS(=O)(=O)c1ccc(/N=N/c2ccc(N(C)C)cc2)cc1)OCC(C)(C)I.